The molecule has 2 N–H and O–H groups in total. The summed E-state index contributed by atoms with van der Waals surface area (Å²) in [5, 5.41) is 6.68. The number of nitrogens with zero attached hydrogens (tertiary/aromatic N) is 1. The van der Waals surface area contributed by atoms with Crippen molar-refractivity contribution in [2.75, 3.05) is 5.32 Å². The molecule has 2 saturated carbocycles. The molecule has 2 aliphatic carbocycles. The van der Waals surface area contributed by atoms with Gasteiger partial charge in [-0.15, -0.1) is 0 Å². The van der Waals surface area contributed by atoms with Gasteiger partial charge in [0.25, 0.3) is 5.91 Å². The maximum atomic E-state index is 13.1. The highest BCUT2D eigenvalue weighted by atomic mass is 32.1. The summed E-state index contributed by atoms with van der Waals surface area (Å²) >= 11 is 0. The molecule has 3 heterocycles. The van der Waals surface area contributed by atoms with E-state index >= 15 is 0 Å². The Labute approximate surface area is 159 Å². The van der Waals surface area contributed by atoms with Gasteiger partial charge in [-0.2, -0.15) is 13.5 Å². The van der Waals surface area contributed by atoms with Gasteiger partial charge < -0.3 is 10.6 Å². The first-order valence-corrected chi connectivity index (χ1v) is 8.92. The lowest BCUT2D eigenvalue weighted by molar-refractivity contribution is 0.0929. The van der Waals surface area contributed by atoms with Gasteiger partial charge in [-0.25, -0.2) is 4.39 Å². The van der Waals surface area contributed by atoms with Crippen LogP contribution < -0.4 is 10.6 Å². The first-order valence-electron chi connectivity index (χ1n) is 8.92. The van der Waals surface area contributed by atoms with E-state index < -0.39 is 0 Å². The molecule has 4 aliphatic rings. The monoisotopic (exact) mass is 371 g/mol. The smallest absolute Gasteiger partial charge is 0.252 e. The van der Waals surface area contributed by atoms with Crippen molar-refractivity contribution in [1.82, 2.24) is 10.3 Å². The zero-order valence-electron chi connectivity index (χ0n) is 14.6. The van der Waals surface area contributed by atoms with Gasteiger partial charge in [0.1, 0.15) is 5.82 Å². The Kier molecular flexibility index (Phi) is 3.99. The zero-order chi connectivity index (χ0) is 17.2. The summed E-state index contributed by atoms with van der Waals surface area (Å²) in [4.78, 5) is 17.5. The number of nitrogens with one attached hydrogen (secondary N) is 2. The number of halogens is 1. The van der Waals surface area contributed by atoms with Crippen LogP contribution in [0.5, 0.6) is 0 Å². The topological polar surface area (TPSA) is 54.0 Å². The van der Waals surface area contributed by atoms with Gasteiger partial charge in [-0.3, -0.25) is 9.78 Å². The van der Waals surface area contributed by atoms with E-state index in [0.717, 1.165) is 36.3 Å². The lowest BCUT2D eigenvalue weighted by Crippen LogP contribution is -2.48. The number of carbonyl (C=O) groups excluding carboxylic acids is 1. The van der Waals surface area contributed by atoms with Gasteiger partial charge in [0.2, 0.25) is 0 Å². The summed E-state index contributed by atoms with van der Waals surface area (Å²) in [5.74, 6) is 0.644. The number of hydrogen-bond acceptors (Lipinski definition) is 3. The molecule has 3 unspecified atom stereocenters. The Balaban J connectivity index is 0.00000168. The number of hydrogen-bond donors (Lipinski definition) is 2. The highest BCUT2D eigenvalue weighted by Crippen LogP contribution is 2.52. The van der Waals surface area contributed by atoms with Crippen LogP contribution >= 0.6 is 13.5 Å². The lowest BCUT2D eigenvalue weighted by atomic mass is 9.65. The quantitative estimate of drug-likeness (QED) is 0.866. The molecule has 2 fully saturated rings. The molecule has 26 heavy (non-hydrogen) atoms. The van der Waals surface area contributed by atoms with Crippen molar-refractivity contribution in [3.05, 3.63) is 59.2 Å². The maximum Gasteiger partial charge on any atom is 0.252 e. The summed E-state index contributed by atoms with van der Waals surface area (Å²) in [6.07, 6.45) is 2.93. The van der Waals surface area contributed by atoms with Crippen molar-refractivity contribution < 1.29 is 9.18 Å². The molecule has 4 nitrogen and oxygen atoms in total. The van der Waals surface area contributed by atoms with Gasteiger partial charge in [-0.1, -0.05) is 6.92 Å². The fourth-order valence-corrected chi connectivity index (χ4v) is 4.15. The molecular weight excluding hydrogens is 349 g/mol. The molecule has 3 atom stereocenters. The van der Waals surface area contributed by atoms with E-state index in [1.54, 1.807) is 0 Å². The average Bonchev–Trinajstić information content (AvgIpc) is 3.41. The summed E-state index contributed by atoms with van der Waals surface area (Å²) < 4.78 is 13.1. The number of rotatable bonds is 3. The van der Waals surface area contributed by atoms with Crippen molar-refractivity contribution in [2.45, 2.75) is 43.7 Å². The summed E-state index contributed by atoms with van der Waals surface area (Å²) in [6, 6.07) is 10.4. The van der Waals surface area contributed by atoms with E-state index in [9.17, 15) is 9.18 Å². The van der Waals surface area contributed by atoms with Crippen molar-refractivity contribution in [3.8, 4) is 0 Å². The molecule has 2 aromatic rings. The number of amides is 1. The second kappa shape index (κ2) is 5.98. The Morgan fingerprint density at radius 1 is 1.23 bits per heavy atom. The van der Waals surface area contributed by atoms with Crippen LogP contribution in [0.3, 0.4) is 0 Å². The van der Waals surface area contributed by atoms with Crippen LogP contribution in [0.25, 0.3) is 0 Å². The highest BCUT2D eigenvalue weighted by Gasteiger charge is 2.49. The highest BCUT2D eigenvalue weighted by molar-refractivity contribution is 7.59. The number of anilines is 1. The zero-order valence-corrected chi connectivity index (χ0v) is 15.6. The Morgan fingerprint density at radius 3 is 2.62 bits per heavy atom. The van der Waals surface area contributed by atoms with Crippen LogP contribution in [0.1, 0.15) is 53.8 Å². The second-order valence-electron chi connectivity index (χ2n) is 7.62. The Hall–Kier alpha value is -2.08. The first-order chi connectivity index (χ1) is 12.1. The number of pyridine rings is 1. The summed E-state index contributed by atoms with van der Waals surface area (Å²) in [5.41, 5.74) is 3.34. The molecule has 1 amide bonds. The number of aromatic nitrogens is 1. The molecule has 1 aromatic heterocycles. The van der Waals surface area contributed by atoms with Gasteiger partial charge >= 0.3 is 0 Å². The maximum absolute atomic E-state index is 13.1. The molecule has 0 radical (unpaired) electrons. The standard InChI is InChI=1S/C20H20FN3O.H2S/c1-11-14-10-16(11)22-15-6-7-17(23-18(14)15)20(8-9-20)24-19(25)12-2-4-13(21)5-3-12;/h2-7,11,14,16,22H,8-10H2,1H3,(H,24,25);1H2. The molecule has 0 spiro atoms. The van der Waals surface area contributed by atoms with E-state index in [1.165, 1.54) is 24.3 Å². The molecule has 2 aliphatic heterocycles. The molecule has 0 saturated heterocycles. The first kappa shape index (κ1) is 17.3. The van der Waals surface area contributed by atoms with Crippen LogP contribution in [0.15, 0.2) is 36.4 Å². The van der Waals surface area contributed by atoms with Crippen LogP contribution in [0.4, 0.5) is 10.1 Å². The van der Waals surface area contributed by atoms with E-state index in [0.29, 0.717) is 23.4 Å². The van der Waals surface area contributed by atoms with E-state index in [2.05, 4.69) is 23.6 Å². The van der Waals surface area contributed by atoms with Crippen molar-refractivity contribution in [3.63, 3.8) is 0 Å². The fraction of sp³-hybridized carbons (Fsp3) is 0.400. The van der Waals surface area contributed by atoms with Crippen molar-refractivity contribution in [1.29, 1.82) is 0 Å². The molecule has 6 heteroatoms. The number of benzene rings is 1. The summed E-state index contributed by atoms with van der Waals surface area (Å²) in [7, 11) is 0. The minimum atomic E-state index is -0.371. The van der Waals surface area contributed by atoms with Crippen LogP contribution in [-0.4, -0.2) is 16.9 Å². The van der Waals surface area contributed by atoms with Crippen molar-refractivity contribution >= 4 is 25.1 Å². The van der Waals surface area contributed by atoms with E-state index in [-0.39, 0.29) is 30.8 Å². The van der Waals surface area contributed by atoms with E-state index in [1.807, 2.05) is 6.07 Å². The third kappa shape index (κ3) is 2.58. The van der Waals surface area contributed by atoms with Gasteiger partial charge in [-0.05, 0) is 61.6 Å². The second-order valence-corrected chi connectivity index (χ2v) is 7.62. The minimum Gasteiger partial charge on any atom is -0.381 e. The van der Waals surface area contributed by atoms with Crippen LogP contribution in [-0.2, 0) is 5.54 Å². The Morgan fingerprint density at radius 2 is 1.96 bits per heavy atom. The molecule has 2 bridgehead atoms. The van der Waals surface area contributed by atoms with E-state index in [4.69, 9.17) is 4.98 Å². The Bertz CT molecular complexity index is 866. The summed E-state index contributed by atoms with van der Waals surface area (Å²) in [6.45, 7) is 2.27. The molecular formula is C20H22FN3OS. The van der Waals surface area contributed by atoms with Crippen LogP contribution in [0, 0.1) is 11.7 Å². The number of carbonyl (C=O) groups is 1. The third-order valence-electron chi connectivity index (χ3n) is 6.09. The molecule has 6 rings (SSSR count). The molecule has 136 valence electrons. The minimum absolute atomic E-state index is 0. The van der Waals surface area contributed by atoms with Crippen molar-refractivity contribution in [2.24, 2.45) is 5.92 Å². The lowest BCUT2D eigenvalue weighted by Gasteiger charge is -2.49. The largest absolute Gasteiger partial charge is 0.381 e. The average molecular weight is 371 g/mol. The van der Waals surface area contributed by atoms with Gasteiger partial charge in [0.05, 0.1) is 22.6 Å². The SMILES string of the molecule is CC1C2CC1c1nc(C3(NC(=O)c4ccc(F)cc4)CC3)ccc1N2.S. The third-order valence-corrected chi connectivity index (χ3v) is 6.09. The molecule has 1 aromatic carbocycles. The van der Waals surface area contributed by atoms with Gasteiger partial charge in [0.15, 0.2) is 0 Å². The predicted molar refractivity (Wildman–Crippen MR) is 103 cm³/mol. The van der Waals surface area contributed by atoms with Gasteiger partial charge in [0, 0.05) is 17.5 Å². The normalized spacial score (nSPS) is 26.5. The fourth-order valence-electron chi connectivity index (χ4n) is 4.15. The van der Waals surface area contributed by atoms with Crippen LogP contribution in [0.2, 0.25) is 0 Å². The predicted octanol–water partition coefficient (Wildman–Crippen LogP) is 3.67.